The van der Waals surface area contributed by atoms with Crippen LogP contribution in [0.4, 0.5) is 4.39 Å². The quantitative estimate of drug-likeness (QED) is 0.902. The Balaban J connectivity index is 2.22. The molecular weight excluding hydrogens is 233 g/mol. The largest absolute Gasteiger partial charge is 0.495 e. The summed E-state index contributed by atoms with van der Waals surface area (Å²) < 4.78 is 18.6. The van der Waals surface area contributed by atoms with Crippen LogP contribution in [0.5, 0.6) is 5.75 Å². The van der Waals surface area contributed by atoms with E-state index in [0.29, 0.717) is 16.9 Å². The Hall–Kier alpha value is -1.94. The zero-order valence-corrected chi connectivity index (χ0v) is 10.0. The number of rotatable bonds is 4. The van der Waals surface area contributed by atoms with E-state index in [1.807, 2.05) is 0 Å². The van der Waals surface area contributed by atoms with Crippen LogP contribution < -0.4 is 4.74 Å². The van der Waals surface area contributed by atoms with E-state index in [1.165, 1.54) is 19.4 Å². The van der Waals surface area contributed by atoms with E-state index in [9.17, 15) is 9.50 Å². The molecule has 0 saturated carbocycles. The van der Waals surface area contributed by atoms with E-state index in [0.717, 1.165) is 0 Å². The number of aromatic nitrogens is 1. The lowest BCUT2D eigenvalue weighted by Crippen LogP contribution is -2.05. The van der Waals surface area contributed by atoms with Gasteiger partial charge in [-0.25, -0.2) is 4.39 Å². The number of pyridine rings is 1. The lowest BCUT2D eigenvalue weighted by atomic mass is 10.0. The molecule has 0 aliphatic carbocycles. The topological polar surface area (TPSA) is 42.4 Å². The second-order valence-corrected chi connectivity index (χ2v) is 3.93. The molecule has 1 atom stereocenters. The van der Waals surface area contributed by atoms with Crippen molar-refractivity contribution in [3.05, 3.63) is 59.7 Å². The number of ether oxygens (including phenoxy) is 1. The molecule has 0 saturated heterocycles. The smallest absolute Gasteiger partial charge is 0.142 e. The van der Waals surface area contributed by atoms with Gasteiger partial charge in [0.25, 0.3) is 0 Å². The van der Waals surface area contributed by atoms with Crippen LogP contribution in [0.25, 0.3) is 0 Å². The second kappa shape index (κ2) is 5.60. The van der Waals surface area contributed by atoms with E-state index < -0.39 is 6.10 Å². The van der Waals surface area contributed by atoms with Gasteiger partial charge in [0.2, 0.25) is 0 Å². The van der Waals surface area contributed by atoms with Crippen molar-refractivity contribution in [1.82, 2.24) is 4.98 Å². The van der Waals surface area contributed by atoms with Gasteiger partial charge in [-0.05, 0) is 17.7 Å². The highest BCUT2D eigenvalue weighted by Gasteiger charge is 2.15. The van der Waals surface area contributed by atoms with E-state index >= 15 is 0 Å². The molecule has 0 spiro atoms. The van der Waals surface area contributed by atoms with Gasteiger partial charge in [-0.15, -0.1) is 0 Å². The molecule has 94 valence electrons. The first-order valence-corrected chi connectivity index (χ1v) is 5.61. The van der Waals surface area contributed by atoms with Crippen molar-refractivity contribution in [2.45, 2.75) is 12.5 Å². The molecule has 0 fully saturated rings. The van der Waals surface area contributed by atoms with Gasteiger partial charge in [0, 0.05) is 18.2 Å². The Morgan fingerprint density at radius 1 is 1.33 bits per heavy atom. The number of aliphatic hydroxyl groups is 1. The maximum absolute atomic E-state index is 13.5. The normalized spacial score (nSPS) is 12.2. The molecule has 0 bridgehead atoms. The monoisotopic (exact) mass is 247 g/mol. The Labute approximate surface area is 105 Å². The molecule has 1 aromatic carbocycles. The lowest BCUT2D eigenvalue weighted by Gasteiger charge is -2.14. The van der Waals surface area contributed by atoms with E-state index in [2.05, 4.69) is 4.98 Å². The second-order valence-electron chi connectivity index (χ2n) is 3.93. The zero-order valence-electron chi connectivity index (χ0n) is 10.0. The maximum atomic E-state index is 13.5. The van der Waals surface area contributed by atoms with Crippen molar-refractivity contribution in [1.29, 1.82) is 0 Å². The first-order chi connectivity index (χ1) is 8.72. The molecule has 1 unspecified atom stereocenters. The van der Waals surface area contributed by atoms with E-state index in [1.54, 1.807) is 30.5 Å². The van der Waals surface area contributed by atoms with Gasteiger partial charge >= 0.3 is 0 Å². The summed E-state index contributed by atoms with van der Waals surface area (Å²) in [7, 11) is 1.51. The van der Waals surface area contributed by atoms with Crippen LogP contribution in [0.15, 0.2) is 42.7 Å². The van der Waals surface area contributed by atoms with Crippen molar-refractivity contribution in [3.63, 3.8) is 0 Å². The van der Waals surface area contributed by atoms with Crippen molar-refractivity contribution in [2.24, 2.45) is 0 Å². The summed E-state index contributed by atoms with van der Waals surface area (Å²) in [4.78, 5) is 3.91. The third kappa shape index (κ3) is 2.65. The predicted molar refractivity (Wildman–Crippen MR) is 65.9 cm³/mol. The molecule has 2 rings (SSSR count). The maximum Gasteiger partial charge on any atom is 0.142 e. The summed E-state index contributed by atoms with van der Waals surface area (Å²) in [5.74, 6) is 0.186. The fraction of sp³-hybridized carbons (Fsp3) is 0.214. The van der Waals surface area contributed by atoms with Crippen LogP contribution >= 0.6 is 0 Å². The van der Waals surface area contributed by atoms with Crippen LogP contribution in [0.3, 0.4) is 0 Å². The summed E-state index contributed by atoms with van der Waals surface area (Å²) in [5.41, 5.74) is 1.08. The Bertz CT molecular complexity index is 531. The zero-order chi connectivity index (χ0) is 13.0. The van der Waals surface area contributed by atoms with Crippen LogP contribution in [0.1, 0.15) is 17.2 Å². The molecule has 0 radical (unpaired) electrons. The highest BCUT2D eigenvalue weighted by Crippen LogP contribution is 2.26. The average molecular weight is 247 g/mol. The van der Waals surface area contributed by atoms with E-state index in [-0.39, 0.29) is 12.2 Å². The van der Waals surface area contributed by atoms with Gasteiger partial charge in [-0.1, -0.05) is 18.2 Å². The van der Waals surface area contributed by atoms with Crippen LogP contribution in [0, 0.1) is 5.82 Å². The van der Waals surface area contributed by atoms with Crippen LogP contribution in [-0.4, -0.2) is 17.2 Å². The SMILES string of the molecule is COc1cnccc1C(O)Cc1ccccc1F. The summed E-state index contributed by atoms with van der Waals surface area (Å²) in [6.45, 7) is 0. The van der Waals surface area contributed by atoms with Gasteiger partial charge in [-0.3, -0.25) is 4.98 Å². The number of benzene rings is 1. The Kier molecular flexibility index (Phi) is 3.89. The third-order valence-corrected chi connectivity index (χ3v) is 2.77. The number of halogens is 1. The van der Waals surface area contributed by atoms with Crippen LogP contribution in [-0.2, 0) is 6.42 Å². The van der Waals surface area contributed by atoms with Crippen molar-refractivity contribution in [3.8, 4) is 5.75 Å². The Morgan fingerprint density at radius 2 is 2.11 bits per heavy atom. The fourth-order valence-electron chi connectivity index (χ4n) is 1.82. The molecule has 4 heteroatoms. The molecule has 1 heterocycles. The van der Waals surface area contributed by atoms with Gasteiger partial charge in [0.1, 0.15) is 11.6 Å². The summed E-state index contributed by atoms with van der Waals surface area (Å²) in [5, 5.41) is 10.1. The standard InChI is InChI=1S/C14H14FNO2/c1-18-14-9-16-7-6-11(14)13(17)8-10-4-2-3-5-12(10)15/h2-7,9,13,17H,8H2,1H3. The minimum Gasteiger partial charge on any atom is -0.495 e. The third-order valence-electron chi connectivity index (χ3n) is 2.77. The van der Waals surface area contributed by atoms with Gasteiger partial charge in [0.15, 0.2) is 0 Å². The first-order valence-electron chi connectivity index (χ1n) is 5.61. The lowest BCUT2D eigenvalue weighted by molar-refractivity contribution is 0.172. The summed E-state index contributed by atoms with van der Waals surface area (Å²) in [6.07, 6.45) is 2.48. The number of aliphatic hydroxyl groups excluding tert-OH is 1. The fourth-order valence-corrected chi connectivity index (χ4v) is 1.82. The minimum absolute atomic E-state index is 0.201. The number of hydrogen-bond acceptors (Lipinski definition) is 3. The van der Waals surface area contributed by atoms with Crippen molar-refractivity contribution in [2.75, 3.05) is 7.11 Å². The minimum atomic E-state index is -0.820. The molecule has 3 nitrogen and oxygen atoms in total. The molecule has 0 aliphatic rings. The molecular formula is C14H14FNO2. The predicted octanol–water partition coefficient (Wildman–Crippen LogP) is 2.51. The van der Waals surface area contributed by atoms with Crippen LogP contribution in [0.2, 0.25) is 0 Å². The summed E-state index contributed by atoms with van der Waals surface area (Å²) >= 11 is 0. The molecule has 18 heavy (non-hydrogen) atoms. The van der Waals surface area contributed by atoms with Crippen molar-refractivity contribution < 1.29 is 14.2 Å². The molecule has 0 amide bonds. The summed E-state index contributed by atoms with van der Waals surface area (Å²) in [6, 6.07) is 8.08. The van der Waals surface area contributed by atoms with Crippen molar-refractivity contribution >= 4 is 0 Å². The highest BCUT2D eigenvalue weighted by atomic mass is 19.1. The highest BCUT2D eigenvalue weighted by molar-refractivity contribution is 5.33. The molecule has 2 aromatic rings. The van der Waals surface area contributed by atoms with Gasteiger partial charge in [0.05, 0.1) is 19.4 Å². The number of methoxy groups -OCH3 is 1. The van der Waals surface area contributed by atoms with E-state index in [4.69, 9.17) is 4.74 Å². The molecule has 0 aliphatic heterocycles. The Morgan fingerprint density at radius 3 is 2.83 bits per heavy atom. The van der Waals surface area contributed by atoms with Gasteiger partial charge < -0.3 is 9.84 Å². The number of nitrogens with zero attached hydrogens (tertiary/aromatic N) is 1. The first kappa shape index (κ1) is 12.5. The average Bonchev–Trinajstić information content (AvgIpc) is 2.41. The molecule has 1 N–H and O–H groups in total. The molecule has 1 aromatic heterocycles. The van der Waals surface area contributed by atoms with Gasteiger partial charge in [-0.2, -0.15) is 0 Å². The number of hydrogen-bond donors (Lipinski definition) is 1.